The molecule has 1 fully saturated rings. The van der Waals surface area contributed by atoms with E-state index in [9.17, 15) is 4.79 Å². The molecule has 0 spiro atoms. The number of anilines is 1. The normalized spacial score (nSPS) is 16.6. The standard InChI is InChI=1S/C8H11N3O2S/c1-9-8-10-2-6(14-8)7(13)11-3-5(12)4-11/h2,5,12H,3-4H2,1H3,(H,9,10). The Morgan fingerprint density at radius 1 is 1.79 bits per heavy atom. The van der Waals surface area contributed by atoms with E-state index in [1.165, 1.54) is 11.3 Å². The van der Waals surface area contributed by atoms with Crippen molar-refractivity contribution >= 4 is 22.4 Å². The van der Waals surface area contributed by atoms with Gasteiger partial charge in [-0.05, 0) is 0 Å². The van der Waals surface area contributed by atoms with Crippen LogP contribution in [-0.4, -0.2) is 47.1 Å². The smallest absolute Gasteiger partial charge is 0.265 e. The Morgan fingerprint density at radius 3 is 3.00 bits per heavy atom. The number of aliphatic hydroxyl groups excluding tert-OH is 1. The highest BCUT2D eigenvalue weighted by Crippen LogP contribution is 2.21. The van der Waals surface area contributed by atoms with E-state index in [4.69, 9.17) is 5.11 Å². The number of thiazole rings is 1. The van der Waals surface area contributed by atoms with Crippen LogP contribution in [-0.2, 0) is 0 Å². The summed E-state index contributed by atoms with van der Waals surface area (Å²) in [4.78, 5) is 17.9. The maximum absolute atomic E-state index is 11.7. The summed E-state index contributed by atoms with van der Waals surface area (Å²) in [6.45, 7) is 0.872. The van der Waals surface area contributed by atoms with E-state index in [0.29, 0.717) is 18.0 Å². The minimum absolute atomic E-state index is 0.0469. The molecule has 1 aliphatic heterocycles. The van der Waals surface area contributed by atoms with Crippen LogP contribution in [0.4, 0.5) is 5.13 Å². The molecular weight excluding hydrogens is 202 g/mol. The fourth-order valence-electron chi connectivity index (χ4n) is 1.27. The van der Waals surface area contributed by atoms with Crippen molar-refractivity contribution in [3.8, 4) is 0 Å². The Labute approximate surface area is 85.4 Å². The van der Waals surface area contributed by atoms with Crippen LogP contribution in [0.5, 0.6) is 0 Å². The molecule has 76 valence electrons. The van der Waals surface area contributed by atoms with Crippen LogP contribution in [0.2, 0.25) is 0 Å². The van der Waals surface area contributed by atoms with Crippen molar-refractivity contribution in [2.24, 2.45) is 0 Å². The molecule has 0 unspecified atom stereocenters. The first-order chi connectivity index (χ1) is 6.70. The van der Waals surface area contributed by atoms with Gasteiger partial charge in [0.1, 0.15) is 4.88 Å². The number of likely N-dealkylation sites (tertiary alicyclic amines) is 1. The second-order valence-corrected chi connectivity index (χ2v) is 4.17. The van der Waals surface area contributed by atoms with E-state index in [1.807, 2.05) is 0 Å². The number of amides is 1. The average Bonchev–Trinajstić information content (AvgIpc) is 2.60. The Kier molecular flexibility index (Phi) is 2.39. The SMILES string of the molecule is CNc1ncc(C(=O)N2CC(O)C2)s1. The highest BCUT2D eigenvalue weighted by molar-refractivity contribution is 7.17. The number of aliphatic hydroxyl groups is 1. The van der Waals surface area contributed by atoms with Crippen molar-refractivity contribution in [2.75, 3.05) is 25.5 Å². The lowest BCUT2D eigenvalue weighted by Crippen LogP contribution is -2.53. The third-order valence-corrected chi connectivity index (χ3v) is 3.08. The van der Waals surface area contributed by atoms with Gasteiger partial charge in [0.15, 0.2) is 5.13 Å². The lowest BCUT2D eigenvalue weighted by Gasteiger charge is -2.35. The van der Waals surface area contributed by atoms with Gasteiger partial charge in [0.2, 0.25) is 0 Å². The molecule has 0 saturated carbocycles. The fourth-order valence-corrected chi connectivity index (χ4v) is 2.00. The lowest BCUT2D eigenvalue weighted by molar-refractivity contribution is 0.00621. The Balaban J connectivity index is 2.04. The number of rotatable bonds is 2. The summed E-state index contributed by atoms with van der Waals surface area (Å²) < 4.78 is 0. The molecular formula is C8H11N3O2S. The zero-order valence-electron chi connectivity index (χ0n) is 7.73. The monoisotopic (exact) mass is 213 g/mol. The molecule has 0 radical (unpaired) electrons. The summed E-state index contributed by atoms with van der Waals surface area (Å²) in [5.74, 6) is -0.0469. The Hall–Kier alpha value is -1.14. The van der Waals surface area contributed by atoms with E-state index >= 15 is 0 Å². The minimum Gasteiger partial charge on any atom is -0.389 e. The van der Waals surface area contributed by atoms with Crippen molar-refractivity contribution in [3.63, 3.8) is 0 Å². The minimum atomic E-state index is -0.351. The fraction of sp³-hybridized carbons (Fsp3) is 0.500. The van der Waals surface area contributed by atoms with Crippen LogP contribution in [0.3, 0.4) is 0 Å². The predicted molar refractivity (Wildman–Crippen MR) is 53.6 cm³/mol. The summed E-state index contributed by atoms with van der Waals surface area (Å²) in [7, 11) is 1.76. The third-order valence-electron chi connectivity index (χ3n) is 2.08. The zero-order valence-corrected chi connectivity index (χ0v) is 8.54. The van der Waals surface area contributed by atoms with E-state index in [2.05, 4.69) is 10.3 Å². The van der Waals surface area contributed by atoms with Gasteiger partial charge in [-0.15, -0.1) is 0 Å². The number of nitrogens with zero attached hydrogens (tertiary/aromatic N) is 2. The number of hydrogen-bond donors (Lipinski definition) is 2. The van der Waals surface area contributed by atoms with Crippen LogP contribution in [0.15, 0.2) is 6.20 Å². The van der Waals surface area contributed by atoms with Gasteiger partial charge in [0.25, 0.3) is 5.91 Å². The second kappa shape index (κ2) is 3.55. The first-order valence-electron chi connectivity index (χ1n) is 4.31. The first-order valence-corrected chi connectivity index (χ1v) is 5.13. The van der Waals surface area contributed by atoms with Gasteiger partial charge in [0, 0.05) is 20.1 Å². The zero-order chi connectivity index (χ0) is 10.1. The Bertz CT molecular complexity index is 346. The number of carbonyl (C=O) groups excluding carboxylic acids is 1. The number of hydrogen-bond acceptors (Lipinski definition) is 5. The van der Waals surface area contributed by atoms with Crippen molar-refractivity contribution in [1.29, 1.82) is 0 Å². The van der Waals surface area contributed by atoms with Crippen molar-refractivity contribution < 1.29 is 9.90 Å². The van der Waals surface area contributed by atoms with E-state index in [-0.39, 0.29) is 12.0 Å². The molecule has 1 aromatic heterocycles. The summed E-state index contributed by atoms with van der Waals surface area (Å²) in [6, 6.07) is 0. The molecule has 14 heavy (non-hydrogen) atoms. The van der Waals surface area contributed by atoms with Crippen molar-refractivity contribution in [2.45, 2.75) is 6.10 Å². The number of nitrogens with one attached hydrogen (secondary N) is 1. The molecule has 2 rings (SSSR count). The molecule has 1 aliphatic rings. The third kappa shape index (κ3) is 1.58. The van der Waals surface area contributed by atoms with Gasteiger partial charge in [-0.1, -0.05) is 11.3 Å². The van der Waals surface area contributed by atoms with E-state index < -0.39 is 0 Å². The topological polar surface area (TPSA) is 65.5 Å². The maximum Gasteiger partial charge on any atom is 0.265 e. The highest BCUT2D eigenvalue weighted by atomic mass is 32.1. The molecule has 1 saturated heterocycles. The first kappa shape index (κ1) is 9.42. The number of carbonyl (C=O) groups is 1. The number of β-amino-alcohol motifs (C(OH)–C–C–N with tert-alkyl or cyclic N) is 1. The van der Waals surface area contributed by atoms with Crippen LogP contribution in [0.25, 0.3) is 0 Å². The van der Waals surface area contributed by atoms with Crippen LogP contribution in [0, 0.1) is 0 Å². The van der Waals surface area contributed by atoms with Gasteiger partial charge >= 0.3 is 0 Å². The quantitative estimate of drug-likeness (QED) is 0.726. The molecule has 1 amide bonds. The van der Waals surface area contributed by atoms with Crippen LogP contribution < -0.4 is 5.32 Å². The molecule has 1 aromatic rings. The van der Waals surface area contributed by atoms with E-state index in [0.717, 1.165) is 5.13 Å². The van der Waals surface area contributed by atoms with Crippen LogP contribution >= 0.6 is 11.3 Å². The summed E-state index contributed by atoms with van der Waals surface area (Å²) in [5.41, 5.74) is 0. The lowest BCUT2D eigenvalue weighted by atomic mass is 10.1. The molecule has 2 N–H and O–H groups in total. The summed E-state index contributed by atoms with van der Waals surface area (Å²) >= 11 is 1.32. The molecule has 2 heterocycles. The second-order valence-electron chi connectivity index (χ2n) is 3.14. The van der Waals surface area contributed by atoms with Crippen LogP contribution in [0.1, 0.15) is 9.67 Å². The molecule has 0 atom stereocenters. The Morgan fingerprint density at radius 2 is 2.50 bits per heavy atom. The molecule has 0 bridgehead atoms. The highest BCUT2D eigenvalue weighted by Gasteiger charge is 2.30. The molecule has 0 aliphatic carbocycles. The average molecular weight is 213 g/mol. The summed E-state index contributed by atoms with van der Waals surface area (Å²) in [5, 5.41) is 12.7. The van der Waals surface area contributed by atoms with Crippen molar-refractivity contribution in [1.82, 2.24) is 9.88 Å². The van der Waals surface area contributed by atoms with Gasteiger partial charge < -0.3 is 15.3 Å². The van der Waals surface area contributed by atoms with Gasteiger partial charge in [-0.3, -0.25) is 4.79 Å². The van der Waals surface area contributed by atoms with Crippen molar-refractivity contribution in [3.05, 3.63) is 11.1 Å². The molecule has 5 nitrogen and oxygen atoms in total. The molecule has 0 aromatic carbocycles. The maximum atomic E-state index is 11.7. The summed E-state index contributed by atoms with van der Waals surface area (Å²) in [6.07, 6.45) is 1.21. The number of aromatic nitrogens is 1. The van der Waals surface area contributed by atoms with Gasteiger partial charge in [-0.2, -0.15) is 0 Å². The van der Waals surface area contributed by atoms with Gasteiger partial charge in [0.05, 0.1) is 12.3 Å². The largest absolute Gasteiger partial charge is 0.389 e. The molecule has 6 heteroatoms. The van der Waals surface area contributed by atoms with E-state index in [1.54, 1.807) is 18.1 Å². The van der Waals surface area contributed by atoms with Gasteiger partial charge in [-0.25, -0.2) is 4.98 Å². The predicted octanol–water partition coefficient (Wildman–Crippen LogP) is 0.00150.